The van der Waals surface area contributed by atoms with E-state index in [0.717, 1.165) is 0 Å². The smallest absolute Gasteiger partial charge is 0.332 e. The van der Waals surface area contributed by atoms with Crippen LogP contribution in [0.25, 0.3) is 0 Å². The molecule has 0 aliphatic carbocycles. The summed E-state index contributed by atoms with van der Waals surface area (Å²) in [5, 5.41) is 11.5. The van der Waals surface area contributed by atoms with Gasteiger partial charge in [-0.2, -0.15) is 0 Å². The number of carbonyl (C=O) groups excluding carboxylic acids is 1. The number of nitrogens with one attached hydrogen (secondary N) is 1. The number of piperidine rings is 1. The van der Waals surface area contributed by atoms with Gasteiger partial charge in [0.2, 0.25) is 0 Å². The minimum Gasteiger partial charge on any atom is -0.480 e. The maximum absolute atomic E-state index is 11.5. The molecule has 0 unspecified atom stereocenters. The SMILES string of the molecule is O=C(CP(=O)(O)O)[C@H]1CCCN[C@@H]1C(=O)O. The van der Waals surface area contributed by atoms with Gasteiger partial charge in [-0.05, 0) is 19.4 Å². The molecule has 4 N–H and O–H groups in total. The summed E-state index contributed by atoms with van der Waals surface area (Å²) >= 11 is 0. The van der Waals surface area contributed by atoms with E-state index in [1.165, 1.54) is 0 Å². The van der Waals surface area contributed by atoms with E-state index in [2.05, 4.69) is 5.32 Å². The second-order valence-electron chi connectivity index (χ2n) is 3.81. The van der Waals surface area contributed by atoms with Gasteiger partial charge in [-0.1, -0.05) is 0 Å². The van der Waals surface area contributed by atoms with Crippen LogP contribution in [0.2, 0.25) is 0 Å². The molecule has 1 aliphatic rings. The zero-order valence-corrected chi connectivity index (χ0v) is 9.39. The first-order valence-corrected chi connectivity index (χ1v) is 6.64. The Kier molecular flexibility index (Phi) is 4.21. The predicted molar refractivity (Wildman–Crippen MR) is 54.1 cm³/mol. The van der Waals surface area contributed by atoms with Crippen molar-refractivity contribution in [2.45, 2.75) is 18.9 Å². The zero-order valence-electron chi connectivity index (χ0n) is 8.50. The Hall–Kier alpha value is -0.750. The summed E-state index contributed by atoms with van der Waals surface area (Å²) in [4.78, 5) is 39.7. The number of carboxylic acid groups (broad SMARTS) is 1. The van der Waals surface area contributed by atoms with Crippen LogP contribution in [0.5, 0.6) is 0 Å². The average Bonchev–Trinajstić information content (AvgIpc) is 2.15. The number of hydrogen-bond donors (Lipinski definition) is 4. The molecule has 2 atom stereocenters. The first kappa shape index (κ1) is 13.3. The normalized spacial score (nSPS) is 26.4. The van der Waals surface area contributed by atoms with Crippen LogP contribution in [-0.4, -0.2) is 45.4 Å². The van der Waals surface area contributed by atoms with Crippen molar-refractivity contribution >= 4 is 19.3 Å². The standard InChI is InChI=1S/C8H14NO6P/c10-6(4-16(13,14)15)5-2-1-3-9-7(5)8(11)12/h5,7,9H,1-4H2,(H,11,12)(H2,13,14,15)/t5-,7+/m1/s1. The highest BCUT2D eigenvalue weighted by atomic mass is 31.2. The van der Waals surface area contributed by atoms with Gasteiger partial charge in [0.1, 0.15) is 18.0 Å². The Labute approximate surface area is 92.0 Å². The molecule has 0 saturated carbocycles. The third-order valence-corrected chi connectivity index (χ3v) is 3.22. The van der Waals surface area contributed by atoms with Gasteiger partial charge in [0.25, 0.3) is 0 Å². The fourth-order valence-corrected chi connectivity index (χ4v) is 2.46. The van der Waals surface area contributed by atoms with Crippen molar-refractivity contribution < 1.29 is 29.0 Å². The summed E-state index contributed by atoms with van der Waals surface area (Å²) in [7, 11) is -4.42. The van der Waals surface area contributed by atoms with Gasteiger partial charge >= 0.3 is 13.6 Å². The van der Waals surface area contributed by atoms with Gasteiger partial charge in [0, 0.05) is 5.92 Å². The van der Waals surface area contributed by atoms with Crippen molar-refractivity contribution in [3.05, 3.63) is 0 Å². The monoisotopic (exact) mass is 251 g/mol. The lowest BCUT2D eigenvalue weighted by atomic mass is 9.88. The molecule has 0 aromatic rings. The quantitative estimate of drug-likeness (QED) is 0.481. The summed E-state index contributed by atoms with van der Waals surface area (Å²) in [6, 6.07) is -1.03. The van der Waals surface area contributed by atoms with Crippen LogP contribution in [0.4, 0.5) is 0 Å². The number of Topliss-reactive ketones (excluding diaryl/α,β-unsaturated/α-hetero) is 1. The predicted octanol–water partition coefficient (Wildman–Crippen LogP) is -0.814. The van der Waals surface area contributed by atoms with E-state index < -0.39 is 37.5 Å². The van der Waals surface area contributed by atoms with Crippen LogP contribution < -0.4 is 5.32 Å². The highest BCUT2D eigenvalue weighted by Crippen LogP contribution is 2.36. The van der Waals surface area contributed by atoms with E-state index in [-0.39, 0.29) is 0 Å². The number of hydrogen-bond acceptors (Lipinski definition) is 4. The van der Waals surface area contributed by atoms with E-state index in [9.17, 15) is 14.2 Å². The van der Waals surface area contributed by atoms with Crippen LogP contribution in [0.3, 0.4) is 0 Å². The van der Waals surface area contributed by atoms with Crippen molar-refractivity contribution in [3.8, 4) is 0 Å². The van der Waals surface area contributed by atoms with Gasteiger partial charge in [0.15, 0.2) is 0 Å². The fraction of sp³-hybridized carbons (Fsp3) is 0.750. The van der Waals surface area contributed by atoms with Gasteiger partial charge in [-0.25, -0.2) is 0 Å². The van der Waals surface area contributed by atoms with Crippen LogP contribution in [0.1, 0.15) is 12.8 Å². The summed E-state index contributed by atoms with van der Waals surface area (Å²) in [5.74, 6) is -2.70. The van der Waals surface area contributed by atoms with Crippen molar-refractivity contribution in [1.82, 2.24) is 5.32 Å². The van der Waals surface area contributed by atoms with Crippen molar-refractivity contribution in [1.29, 1.82) is 0 Å². The van der Waals surface area contributed by atoms with E-state index in [1.807, 2.05) is 0 Å². The van der Waals surface area contributed by atoms with Crippen molar-refractivity contribution in [2.24, 2.45) is 5.92 Å². The molecule has 0 amide bonds. The van der Waals surface area contributed by atoms with E-state index in [1.54, 1.807) is 0 Å². The Morgan fingerprint density at radius 1 is 1.38 bits per heavy atom. The van der Waals surface area contributed by atoms with Gasteiger partial charge in [-0.3, -0.25) is 14.2 Å². The minimum atomic E-state index is -4.42. The number of ketones is 1. The van der Waals surface area contributed by atoms with Crippen LogP contribution in [0, 0.1) is 5.92 Å². The fourth-order valence-electron chi connectivity index (χ4n) is 1.82. The van der Waals surface area contributed by atoms with Crippen molar-refractivity contribution in [2.75, 3.05) is 12.7 Å². The Morgan fingerprint density at radius 3 is 2.50 bits per heavy atom. The second-order valence-corrected chi connectivity index (χ2v) is 5.45. The molecule has 1 saturated heterocycles. The topological polar surface area (TPSA) is 124 Å². The van der Waals surface area contributed by atoms with Crippen LogP contribution >= 0.6 is 7.60 Å². The molecule has 0 aromatic heterocycles. The highest BCUT2D eigenvalue weighted by Gasteiger charge is 2.37. The molecule has 0 aromatic carbocycles. The van der Waals surface area contributed by atoms with Gasteiger partial charge < -0.3 is 20.2 Å². The third-order valence-electron chi connectivity index (χ3n) is 2.50. The summed E-state index contributed by atoms with van der Waals surface area (Å²) in [6.45, 7) is 0.497. The maximum atomic E-state index is 11.5. The van der Waals surface area contributed by atoms with Gasteiger partial charge in [-0.15, -0.1) is 0 Å². The molecule has 1 rings (SSSR count). The molecule has 16 heavy (non-hydrogen) atoms. The lowest BCUT2D eigenvalue weighted by molar-refractivity contribution is -0.144. The van der Waals surface area contributed by atoms with Crippen LogP contribution in [-0.2, 0) is 14.2 Å². The Morgan fingerprint density at radius 2 is 2.00 bits per heavy atom. The number of aliphatic carboxylic acids is 1. The molecule has 0 bridgehead atoms. The molecular formula is C8H14NO6P. The summed E-state index contributed by atoms with van der Waals surface area (Å²) in [6.07, 6.45) is 0.0905. The Bertz CT molecular complexity index is 337. The molecule has 1 fully saturated rings. The molecule has 92 valence electrons. The minimum absolute atomic E-state index is 0.350. The number of rotatable bonds is 4. The van der Waals surface area contributed by atoms with E-state index in [4.69, 9.17) is 14.9 Å². The zero-order chi connectivity index (χ0) is 12.3. The third kappa shape index (κ3) is 3.68. The molecule has 1 aliphatic heterocycles. The highest BCUT2D eigenvalue weighted by molar-refractivity contribution is 7.52. The molecule has 7 nitrogen and oxygen atoms in total. The Balaban J connectivity index is 2.72. The molecule has 0 spiro atoms. The van der Waals surface area contributed by atoms with Crippen LogP contribution in [0.15, 0.2) is 0 Å². The summed E-state index contributed by atoms with van der Waals surface area (Å²) < 4.78 is 10.7. The van der Waals surface area contributed by atoms with E-state index >= 15 is 0 Å². The first-order chi connectivity index (χ1) is 7.31. The first-order valence-electron chi connectivity index (χ1n) is 4.85. The molecule has 1 heterocycles. The van der Waals surface area contributed by atoms with E-state index in [0.29, 0.717) is 19.4 Å². The molecule has 0 radical (unpaired) electrons. The molecule has 8 heteroatoms. The second kappa shape index (κ2) is 5.05. The number of carbonyl (C=O) groups is 2. The molecular weight excluding hydrogens is 237 g/mol. The van der Waals surface area contributed by atoms with Gasteiger partial charge in [0.05, 0.1) is 0 Å². The van der Waals surface area contributed by atoms with Crippen molar-refractivity contribution in [3.63, 3.8) is 0 Å². The lowest BCUT2D eigenvalue weighted by Gasteiger charge is -2.28. The largest absolute Gasteiger partial charge is 0.480 e. The summed E-state index contributed by atoms with van der Waals surface area (Å²) in [5.41, 5.74) is 0. The number of carboxylic acids is 1. The average molecular weight is 251 g/mol. The maximum Gasteiger partial charge on any atom is 0.332 e. The lowest BCUT2D eigenvalue weighted by Crippen LogP contribution is -2.50.